The van der Waals surface area contributed by atoms with Crippen molar-refractivity contribution in [2.45, 2.75) is 13.5 Å². The molecule has 154 valence electrons. The van der Waals surface area contributed by atoms with Crippen LogP contribution >= 0.6 is 0 Å². The molecular formula is C26H23N3O2. The first-order valence-electron chi connectivity index (χ1n) is 10.1. The third-order valence-corrected chi connectivity index (χ3v) is 5.09. The molecule has 0 saturated heterocycles. The van der Waals surface area contributed by atoms with Gasteiger partial charge in [-0.25, -0.2) is 0 Å². The lowest BCUT2D eigenvalue weighted by atomic mass is 10.0. The second kappa shape index (κ2) is 9.13. The van der Waals surface area contributed by atoms with Crippen LogP contribution in [0.2, 0.25) is 0 Å². The molecule has 0 radical (unpaired) electrons. The van der Waals surface area contributed by atoms with E-state index in [1.54, 1.807) is 12.1 Å². The number of hydrogen-bond acceptors (Lipinski definition) is 4. The average molecular weight is 409 g/mol. The number of nitro groups is 1. The van der Waals surface area contributed by atoms with Gasteiger partial charge in [-0.2, -0.15) is 0 Å². The summed E-state index contributed by atoms with van der Waals surface area (Å²) in [6, 6.07) is 31.5. The molecular weight excluding hydrogens is 386 g/mol. The Morgan fingerprint density at radius 2 is 1.16 bits per heavy atom. The van der Waals surface area contributed by atoms with Crippen molar-refractivity contribution in [3.63, 3.8) is 0 Å². The van der Waals surface area contributed by atoms with E-state index in [9.17, 15) is 10.1 Å². The molecule has 5 nitrogen and oxygen atoms in total. The predicted molar refractivity (Wildman–Crippen MR) is 127 cm³/mol. The van der Waals surface area contributed by atoms with Crippen LogP contribution in [0.1, 0.15) is 11.1 Å². The van der Waals surface area contributed by atoms with E-state index in [2.05, 4.69) is 78.2 Å². The molecule has 0 atom stereocenters. The topological polar surface area (TPSA) is 67.2 Å². The fourth-order valence-corrected chi connectivity index (χ4v) is 3.27. The minimum atomic E-state index is -0.400. The van der Waals surface area contributed by atoms with Crippen LogP contribution in [0.4, 0.5) is 22.7 Å². The standard InChI is InChI=1S/C26H23N3O2/c1-19-2-10-23(11-3-19)27-18-20-4-6-21(7-5-20)22-8-12-24(13-9-22)28-25-14-16-26(17-15-25)29(30)31/h2-17,27-28H,18H2,1H3. The van der Waals surface area contributed by atoms with Gasteiger partial charge < -0.3 is 10.6 Å². The molecule has 4 aromatic rings. The van der Waals surface area contributed by atoms with Crippen molar-refractivity contribution in [2.75, 3.05) is 10.6 Å². The Hall–Kier alpha value is -4.12. The molecule has 0 spiro atoms. The summed E-state index contributed by atoms with van der Waals surface area (Å²) < 4.78 is 0. The van der Waals surface area contributed by atoms with Gasteiger partial charge >= 0.3 is 0 Å². The molecule has 5 heteroatoms. The van der Waals surface area contributed by atoms with Crippen LogP contribution in [0, 0.1) is 17.0 Å². The minimum absolute atomic E-state index is 0.0819. The summed E-state index contributed by atoms with van der Waals surface area (Å²) in [4.78, 5) is 10.4. The summed E-state index contributed by atoms with van der Waals surface area (Å²) in [5.41, 5.74) is 7.70. The van der Waals surface area contributed by atoms with Gasteiger partial charge in [-0.05, 0) is 60.0 Å². The van der Waals surface area contributed by atoms with Crippen LogP contribution in [0.15, 0.2) is 97.1 Å². The molecule has 4 aromatic carbocycles. The highest BCUT2D eigenvalue weighted by molar-refractivity contribution is 5.69. The number of anilines is 3. The summed E-state index contributed by atoms with van der Waals surface area (Å²) in [5.74, 6) is 0. The Kier molecular flexibility index (Phi) is 5.94. The second-order valence-corrected chi connectivity index (χ2v) is 7.42. The molecule has 0 aromatic heterocycles. The normalized spacial score (nSPS) is 10.5. The molecule has 0 aliphatic rings. The van der Waals surface area contributed by atoms with Gasteiger partial charge in [-0.3, -0.25) is 10.1 Å². The van der Waals surface area contributed by atoms with Crippen LogP contribution in [-0.2, 0) is 6.54 Å². The predicted octanol–water partition coefficient (Wildman–Crippen LogP) is 6.93. The summed E-state index contributed by atoms with van der Waals surface area (Å²) in [6.45, 7) is 2.86. The minimum Gasteiger partial charge on any atom is -0.381 e. The number of nitro benzene ring substituents is 1. The Balaban J connectivity index is 1.37. The van der Waals surface area contributed by atoms with Gasteiger partial charge in [0.2, 0.25) is 0 Å². The summed E-state index contributed by atoms with van der Waals surface area (Å²) in [6.07, 6.45) is 0. The van der Waals surface area contributed by atoms with Crippen molar-refractivity contribution >= 4 is 22.7 Å². The SMILES string of the molecule is Cc1ccc(NCc2ccc(-c3ccc(Nc4ccc([N+](=O)[O-])cc4)cc3)cc2)cc1. The fourth-order valence-electron chi connectivity index (χ4n) is 3.27. The lowest BCUT2D eigenvalue weighted by Crippen LogP contribution is -1.99. The maximum atomic E-state index is 10.8. The lowest BCUT2D eigenvalue weighted by molar-refractivity contribution is -0.384. The van der Waals surface area contributed by atoms with Crippen molar-refractivity contribution in [2.24, 2.45) is 0 Å². The van der Waals surface area contributed by atoms with E-state index in [-0.39, 0.29) is 5.69 Å². The first-order chi connectivity index (χ1) is 15.1. The molecule has 0 aliphatic heterocycles. The number of non-ortho nitro benzene ring substituents is 1. The third kappa shape index (κ3) is 5.28. The molecule has 0 aliphatic carbocycles. The van der Waals surface area contributed by atoms with E-state index in [4.69, 9.17) is 0 Å². The molecule has 0 bridgehead atoms. The summed E-state index contributed by atoms with van der Waals surface area (Å²) >= 11 is 0. The van der Waals surface area contributed by atoms with Crippen molar-refractivity contribution in [1.29, 1.82) is 0 Å². The molecule has 31 heavy (non-hydrogen) atoms. The maximum Gasteiger partial charge on any atom is 0.269 e. The van der Waals surface area contributed by atoms with Crippen LogP contribution in [0.3, 0.4) is 0 Å². The zero-order chi connectivity index (χ0) is 21.6. The van der Waals surface area contributed by atoms with Gasteiger partial charge in [0.1, 0.15) is 0 Å². The maximum absolute atomic E-state index is 10.8. The van der Waals surface area contributed by atoms with Crippen LogP contribution in [0.5, 0.6) is 0 Å². The smallest absolute Gasteiger partial charge is 0.269 e. The van der Waals surface area contributed by atoms with Crippen LogP contribution < -0.4 is 10.6 Å². The largest absolute Gasteiger partial charge is 0.381 e. The molecule has 0 unspecified atom stereocenters. The van der Waals surface area contributed by atoms with E-state index < -0.39 is 4.92 Å². The zero-order valence-corrected chi connectivity index (χ0v) is 17.2. The zero-order valence-electron chi connectivity index (χ0n) is 17.2. The average Bonchev–Trinajstić information content (AvgIpc) is 2.80. The first kappa shape index (κ1) is 20.2. The van der Waals surface area contributed by atoms with Gasteiger partial charge in [-0.15, -0.1) is 0 Å². The van der Waals surface area contributed by atoms with Crippen molar-refractivity contribution in [3.05, 3.63) is 118 Å². The molecule has 0 saturated carbocycles. The molecule has 4 rings (SSSR count). The molecule has 2 N–H and O–H groups in total. The number of rotatable bonds is 7. The fraction of sp³-hybridized carbons (Fsp3) is 0.0769. The van der Waals surface area contributed by atoms with Crippen molar-refractivity contribution in [3.8, 4) is 11.1 Å². The van der Waals surface area contributed by atoms with E-state index in [0.29, 0.717) is 0 Å². The summed E-state index contributed by atoms with van der Waals surface area (Å²) in [5, 5.41) is 17.5. The van der Waals surface area contributed by atoms with E-state index in [1.165, 1.54) is 23.3 Å². The highest BCUT2D eigenvalue weighted by atomic mass is 16.6. The monoisotopic (exact) mass is 409 g/mol. The number of aryl methyl sites for hydroxylation is 1. The highest BCUT2D eigenvalue weighted by Crippen LogP contribution is 2.25. The van der Waals surface area contributed by atoms with Gasteiger partial charge in [0.15, 0.2) is 0 Å². The third-order valence-electron chi connectivity index (χ3n) is 5.09. The van der Waals surface area contributed by atoms with Crippen LogP contribution in [0.25, 0.3) is 11.1 Å². The first-order valence-corrected chi connectivity index (χ1v) is 10.1. The van der Waals surface area contributed by atoms with E-state index >= 15 is 0 Å². The molecule has 0 amide bonds. The van der Waals surface area contributed by atoms with Crippen molar-refractivity contribution in [1.82, 2.24) is 0 Å². The molecule has 0 heterocycles. The van der Waals surface area contributed by atoms with Crippen LogP contribution in [-0.4, -0.2) is 4.92 Å². The summed E-state index contributed by atoms with van der Waals surface area (Å²) in [7, 11) is 0. The van der Waals surface area contributed by atoms with Gasteiger partial charge in [0.05, 0.1) is 4.92 Å². The second-order valence-electron chi connectivity index (χ2n) is 7.42. The quantitative estimate of drug-likeness (QED) is 0.257. The van der Waals surface area contributed by atoms with Gasteiger partial charge in [0.25, 0.3) is 5.69 Å². The number of nitrogens with one attached hydrogen (secondary N) is 2. The highest BCUT2D eigenvalue weighted by Gasteiger charge is 2.04. The Bertz CT molecular complexity index is 1150. The lowest BCUT2D eigenvalue weighted by Gasteiger charge is -2.09. The number of nitrogens with zero attached hydrogens (tertiary/aromatic N) is 1. The molecule has 0 fully saturated rings. The Labute approximate surface area is 181 Å². The van der Waals surface area contributed by atoms with Gasteiger partial charge in [0, 0.05) is 35.7 Å². The van der Waals surface area contributed by atoms with E-state index in [1.807, 2.05) is 12.1 Å². The van der Waals surface area contributed by atoms with Crippen molar-refractivity contribution < 1.29 is 4.92 Å². The van der Waals surface area contributed by atoms with E-state index in [0.717, 1.165) is 34.7 Å². The number of benzene rings is 4. The number of hydrogen-bond donors (Lipinski definition) is 2. The van der Waals surface area contributed by atoms with Gasteiger partial charge in [-0.1, -0.05) is 54.1 Å². The Morgan fingerprint density at radius 3 is 1.71 bits per heavy atom. The Morgan fingerprint density at radius 1 is 0.677 bits per heavy atom.